The molecule has 0 saturated carbocycles. The van der Waals surface area contributed by atoms with E-state index in [0.717, 1.165) is 61.6 Å². The lowest BCUT2D eigenvalue weighted by molar-refractivity contribution is -0.125. The molecule has 2 fully saturated rings. The Morgan fingerprint density at radius 3 is 3.12 bits per heavy atom. The van der Waals surface area contributed by atoms with Crippen molar-refractivity contribution in [3.63, 3.8) is 0 Å². The standard InChI is InChI=1S/C18H25N5OS.ClH/c24-17(20-10-13-3-1-6-19-9-13)14-4-2-7-23(11-14)16-15-5-8-25-18(15)22-12-21-16;/h5,8,12-14,19H,1-4,6-7,9-11H2,(H,20,24);1H. The molecule has 0 spiro atoms. The van der Waals surface area contributed by atoms with E-state index in [4.69, 9.17) is 0 Å². The zero-order valence-electron chi connectivity index (χ0n) is 14.8. The predicted octanol–water partition coefficient (Wildman–Crippen LogP) is 2.45. The van der Waals surface area contributed by atoms with E-state index in [0.29, 0.717) is 5.92 Å². The Kier molecular flexibility index (Phi) is 6.67. The molecule has 0 bridgehead atoms. The Balaban J connectivity index is 0.00000196. The van der Waals surface area contributed by atoms with E-state index in [-0.39, 0.29) is 24.2 Å². The van der Waals surface area contributed by atoms with Crippen molar-refractivity contribution < 1.29 is 4.79 Å². The van der Waals surface area contributed by atoms with E-state index in [1.54, 1.807) is 17.7 Å². The number of rotatable bonds is 4. The number of halogens is 1. The molecule has 2 N–H and O–H groups in total. The molecule has 2 aromatic heterocycles. The Bertz CT molecular complexity index is 733. The molecule has 2 aromatic rings. The van der Waals surface area contributed by atoms with Crippen LogP contribution >= 0.6 is 23.7 Å². The minimum Gasteiger partial charge on any atom is -0.355 e. The molecule has 0 aromatic carbocycles. The molecule has 4 rings (SSSR count). The summed E-state index contributed by atoms with van der Waals surface area (Å²) in [5.41, 5.74) is 0. The molecule has 6 nitrogen and oxygen atoms in total. The number of fused-ring (bicyclic) bond motifs is 1. The van der Waals surface area contributed by atoms with Gasteiger partial charge in [-0.15, -0.1) is 23.7 Å². The van der Waals surface area contributed by atoms with Gasteiger partial charge in [0.15, 0.2) is 0 Å². The lowest BCUT2D eigenvalue weighted by Gasteiger charge is -2.33. The number of thiophene rings is 1. The molecule has 2 atom stereocenters. The number of anilines is 1. The third-order valence-electron chi connectivity index (χ3n) is 5.30. The summed E-state index contributed by atoms with van der Waals surface area (Å²) in [5.74, 6) is 1.80. The van der Waals surface area contributed by atoms with Crippen molar-refractivity contribution in [2.45, 2.75) is 25.7 Å². The van der Waals surface area contributed by atoms with Gasteiger partial charge in [-0.05, 0) is 56.1 Å². The van der Waals surface area contributed by atoms with Crippen LogP contribution in [0.15, 0.2) is 17.8 Å². The third-order valence-corrected chi connectivity index (χ3v) is 6.12. The normalized spacial score (nSPS) is 23.5. The predicted molar refractivity (Wildman–Crippen MR) is 108 cm³/mol. The molecular weight excluding hydrogens is 370 g/mol. The van der Waals surface area contributed by atoms with Crippen molar-refractivity contribution in [1.29, 1.82) is 0 Å². The van der Waals surface area contributed by atoms with Crippen molar-refractivity contribution >= 4 is 45.7 Å². The van der Waals surface area contributed by atoms with Crippen LogP contribution in [0.5, 0.6) is 0 Å². The molecule has 2 aliphatic rings. The number of nitrogens with one attached hydrogen (secondary N) is 2. The summed E-state index contributed by atoms with van der Waals surface area (Å²) in [6.45, 7) is 4.63. The number of piperidine rings is 2. The van der Waals surface area contributed by atoms with Crippen LogP contribution in [-0.2, 0) is 4.79 Å². The second-order valence-corrected chi connectivity index (χ2v) is 7.97. The van der Waals surface area contributed by atoms with Crippen molar-refractivity contribution in [3.05, 3.63) is 17.8 Å². The van der Waals surface area contributed by atoms with Crippen molar-refractivity contribution in [3.8, 4) is 0 Å². The molecule has 0 aliphatic carbocycles. The molecule has 142 valence electrons. The van der Waals surface area contributed by atoms with E-state index < -0.39 is 0 Å². The van der Waals surface area contributed by atoms with Gasteiger partial charge in [-0.1, -0.05) is 0 Å². The molecule has 2 unspecified atom stereocenters. The minimum atomic E-state index is 0. The number of nitrogens with zero attached hydrogens (tertiary/aromatic N) is 3. The van der Waals surface area contributed by atoms with Crippen LogP contribution in [0.25, 0.3) is 10.2 Å². The Morgan fingerprint density at radius 2 is 2.27 bits per heavy atom. The molecule has 2 aliphatic heterocycles. The van der Waals surface area contributed by atoms with E-state index in [2.05, 4.69) is 36.9 Å². The number of carbonyl (C=O) groups is 1. The largest absolute Gasteiger partial charge is 0.355 e. The first-order valence-electron chi connectivity index (χ1n) is 9.23. The van der Waals surface area contributed by atoms with Gasteiger partial charge >= 0.3 is 0 Å². The van der Waals surface area contributed by atoms with Crippen LogP contribution < -0.4 is 15.5 Å². The van der Waals surface area contributed by atoms with Crippen molar-refractivity contribution in [2.75, 3.05) is 37.6 Å². The fraction of sp³-hybridized carbons (Fsp3) is 0.611. The van der Waals surface area contributed by atoms with Crippen molar-refractivity contribution in [2.24, 2.45) is 11.8 Å². The first-order valence-corrected chi connectivity index (χ1v) is 10.1. The highest BCUT2D eigenvalue weighted by molar-refractivity contribution is 7.16. The van der Waals surface area contributed by atoms with Gasteiger partial charge < -0.3 is 15.5 Å². The lowest BCUT2D eigenvalue weighted by atomic mass is 9.95. The third kappa shape index (κ3) is 4.27. The van der Waals surface area contributed by atoms with E-state index in [9.17, 15) is 4.79 Å². The minimum absolute atomic E-state index is 0. The number of carbonyl (C=O) groups excluding carboxylic acids is 1. The summed E-state index contributed by atoms with van der Waals surface area (Å²) in [6, 6.07) is 2.08. The second-order valence-electron chi connectivity index (χ2n) is 7.08. The maximum absolute atomic E-state index is 12.6. The summed E-state index contributed by atoms with van der Waals surface area (Å²) >= 11 is 1.63. The average Bonchev–Trinajstić information content (AvgIpc) is 3.16. The molecule has 4 heterocycles. The molecular formula is C18H26ClN5OS. The molecule has 0 radical (unpaired) electrons. The fourth-order valence-corrected chi connectivity index (χ4v) is 4.63. The first kappa shape index (κ1) is 19.3. The molecule has 1 amide bonds. The number of amides is 1. The Hall–Kier alpha value is -1.44. The van der Waals surface area contributed by atoms with Crippen LogP contribution in [0, 0.1) is 11.8 Å². The second kappa shape index (κ2) is 8.97. The van der Waals surface area contributed by atoms with E-state index in [1.807, 2.05) is 0 Å². The summed E-state index contributed by atoms with van der Waals surface area (Å²) in [7, 11) is 0. The number of aromatic nitrogens is 2. The molecule has 26 heavy (non-hydrogen) atoms. The fourth-order valence-electron chi connectivity index (χ4n) is 3.90. The zero-order chi connectivity index (χ0) is 17.1. The van der Waals surface area contributed by atoms with E-state index >= 15 is 0 Å². The van der Waals surface area contributed by atoms with Gasteiger partial charge in [-0.3, -0.25) is 4.79 Å². The van der Waals surface area contributed by atoms with Crippen LogP contribution in [0.2, 0.25) is 0 Å². The molecule has 2 saturated heterocycles. The average molecular weight is 396 g/mol. The van der Waals surface area contributed by atoms with Crippen LogP contribution in [0.4, 0.5) is 5.82 Å². The SMILES string of the molecule is Cl.O=C(NCC1CCCNC1)C1CCCN(c2ncnc3sccc23)C1. The maximum Gasteiger partial charge on any atom is 0.224 e. The van der Waals surface area contributed by atoms with Gasteiger partial charge in [0.25, 0.3) is 0 Å². The van der Waals surface area contributed by atoms with Gasteiger partial charge in [0, 0.05) is 19.6 Å². The lowest BCUT2D eigenvalue weighted by Crippen LogP contribution is -2.45. The van der Waals surface area contributed by atoms with Crippen LogP contribution in [0.1, 0.15) is 25.7 Å². The van der Waals surface area contributed by atoms with Crippen LogP contribution in [0.3, 0.4) is 0 Å². The highest BCUT2D eigenvalue weighted by Gasteiger charge is 2.28. The summed E-state index contributed by atoms with van der Waals surface area (Å²) < 4.78 is 0. The van der Waals surface area contributed by atoms with Crippen molar-refractivity contribution in [1.82, 2.24) is 20.6 Å². The van der Waals surface area contributed by atoms with E-state index in [1.165, 1.54) is 12.8 Å². The van der Waals surface area contributed by atoms with Gasteiger partial charge in [0.1, 0.15) is 17.0 Å². The van der Waals surface area contributed by atoms with Gasteiger partial charge in [0.05, 0.1) is 11.3 Å². The smallest absolute Gasteiger partial charge is 0.224 e. The highest BCUT2D eigenvalue weighted by Crippen LogP contribution is 2.29. The zero-order valence-corrected chi connectivity index (χ0v) is 16.5. The Labute approximate surface area is 164 Å². The first-order chi connectivity index (χ1) is 12.3. The summed E-state index contributed by atoms with van der Waals surface area (Å²) in [6.07, 6.45) is 6.04. The van der Waals surface area contributed by atoms with Gasteiger partial charge in [-0.25, -0.2) is 9.97 Å². The monoisotopic (exact) mass is 395 g/mol. The number of hydrogen-bond acceptors (Lipinski definition) is 6. The summed E-state index contributed by atoms with van der Waals surface area (Å²) in [5, 5.41) is 9.75. The summed E-state index contributed by atoms with van der Waals surface area (Å²) in [4.78, 5) is 24.7. The highest BCUT2D eigenvalue weighted by atomic mass is 35.5. The molecule has 8 heteroatoms. The topological polar surface area (TPSA) is 70.2 Å². The maximum atomic E-state index is 12.6. The van der Waals surface area contributed by atoms with Gasteiger partial charge in [-0.2, -0.15) is 0 Å². The quantitative estimate of drug-likeness (QED) is 0.832. The van der Waals surface area contributed by atoms with Gasteiger partial charge in [0.2, 0.25) is 5.91 Å². The Morgan fingerprint density at radius 1 is 1.35 bits per heavy atom. The van der Waals surface area contributed by atoms with Crippen LogP contribution in [-0.4, -0.2) is 48.6 Å². The number of hydrogen-bond donors (Lipinski definition) is 2.